The average Bonchev–Trinajstić information content (AvgIpc) is 3.45. The molecule has 3 aromatic heterocycles. The van der Waals surface area contributed by atoms with Crippen molar-refractivity contribution in [3.05, 3.63) is 54.1 Å². The van der Waals surface area contributed by atoms with E-state index >= 15 is 0 Å². The number of carbonyl (C=O) groups excluding carboxylic acids is 2. The number of fused-ring (bicyclic) bond motifs is 1. The van der Waals surface area contributed by atoms with Crippen LogP contribution in [0.4, 0.5) is 22.2 Å². The van der Waals surface area contributed by atoms with Crippen molar-refractivity contribution in [2.24, 2.45) is 0 Å². The number of aliphatic hydroxyl groups is 1. The van der Waals surface area contributed by atoms with Crippen molar-refractivity contribution in [3.63, 3.8) is 0 Å². The molecule has 3 amide bonds. The molecule has 4 rings (SSSR count). The number of hydrogen-bond donors (Lipinski definition) is 5. The number of anilines is 3. The molecule has 0 spiro atoms. The molecule has 0 unspecified atom stereocenters. The number of carbonyl (C=O) groups is 2. The van der Waals surface area contributed by atoms with Crippen LogP contribution in [0, 0.1) is 0 Å². The first-order valence-corrected chi connectivity index (χ1v) is 11.6. The molecule has 0 aliphatic heterocycles. The summed E-state index contributed by atoms with van der Waals surface area (Å²) in [6, 6.07) is 8.06. The van der Waals surface area contributed by atoms with Crippen LogP contribution >= 0.6 is 0 Å². The van der Waals surface area contributed by atoms with Crippen molar-refractivity contribution in [1.29, 1.82) is 0 Å². The van der Waals surface area contributed by atoms with E-state index in [0.717, 1.165) is 5.69 Å². The van der Waals surface area contributed by atoms with Gasteiger partial charge in [-0.25, -0.2) is 14.3 Å². The van der Waals surface area contributed by atoms with Crippen molar-refractivity contribution in [2.75, 3.05) is 23.0 Å². The monoisotopic (exact) mass is 506 g/mol. The lowest BCUT2D eigenvalue weighted by Gasteiger charge is -2.23. The van der Waals surface area contributed by atoms with Crippen LogP contribution in [0.25, 0.3) is 16.6 Å². The van der Waals surface area contributed by atoms with E-state index in [1.54, 1.807) is 50.4 Å². The normalized spacial score (nSPS) is 11.9. The third-order valence-electron chi connectivity index (χ3n) is 5.64. The van der Waals surface area contributed by atoms with Gasteiger partial charge in [-0.1, -0.05) is 38.1 Å². The molecule has 0 radical (unpaired) electrons. The number of nitrogen functional groups attached to an aromatic ring is 1. The molecule has 0 aliphatic carbocycles. The Kier molecular flexibility index (Phi) is 6.61. The second kappa shape index (κ2) is 9.54. The first-order valence-electron chi connectivity index (χ1n) is 11.6. The molecule has 3 heterocycles. The lowest BCUT2D eigenvalue weighted by molar-refractivity contribution is 0.0870. The molecule has 0 aliphatic rings. The number of hydrogen-bond acceptors (Lipinski definition) is 8. The van der Waals surface area contributed by atoms with E-state index in [4.69, 9.17) is 10.3 Å². The molecule has 1 aromatic carbocycles. The lowest BCUT2D eigenvalue weighted by atomic mass is 9.92. The molecule has 37 heavy (non-hydrogen) atoms. The molecule has 194 valence electrons. The summed E-state index contributed by atoms with van der Waals surface area (Å²) in [6.07, 6.45) is 2.87. The van der Waals surface area contributed by atoms with E-state index in [2.05, 4.69) is 31.2 Å². The van der Waals surface area contributed by atoms with E-state index < -0.39 is 17.5 Å². The van der Waals surface area contributed by atoms with E-state index in [1.807, 2.05) is 20.8 Å². The molecule has 4 aromatic rings. The van der Waals surface area contributed by atoms with Gasteiger partial charge in [-0.05, 0) is 31.5 Å². The number of rotatable bonds is 6. The van der Waals surface area contributed by atoms with Gasteiger partial charge in [0.1, 0.15) is 11.8 Å². The van der Waals surface area contributed by atoms with Gasteiger partial charge in [0.25, 0.3) is 5.91 Å². The molecule has 0 saturated carbocycles. The average molecular weight is 507 g/mol. The maximum Gasteiger partial charge on any atom is 0.326 e. The highest BCUT2D eigenvalue weighted by Crippen LogP contribution is 2.33. The van der Waals surface area contributed by atoms with E-state index in [0.29, 0.717) is 27.9 Å². The Balaban J connectivity index is 1.59. The van der Waals surface area contributed by atoms with Crippen LogP contribution in [0.5, 0.6) is 0 Å². The number of aliphatic hydroxyl groups excluding tert-OH is 1. The minimum absolute atomic E-state index is 0.203. The predicted octanol–water partition coefficient (Wildman–Crippen LogP) is 3.41. The molecule has 0 atom stereocenters. The first kappa shape index (κ1) is 25.6. The second-order valence-electron chi connectivity index (χ2n) is 10.3. The summed E-state index contributed by atoms with van der Waals surface area (Å²) in [5.74, 6) is 0.0344. The smallest absolute Gasteiger partial charge is 0.326 e. The van der Waals surface area contributed by atoms with E-state index in [9.17, 15) is 14.7 Å². The highest BCUT2D eigenvalue weighted by atomic mass is 16.5. The molecule has 0 bridgehead atoms. The van der Waals surface area contributed by atoms with Gasteiger partial charge in [-0.2, -0.15) is 5.10 Å². The SMILES string of the molecule is CC(C)(CO)NC(=O)c1cn2ncnc(N)c2c1-c1ccc(NC(=O)Nc2cc(C(C)(C)C)no2)cc1. The van der Waals surface area contributed by atoms with Crippen molar-refractivity contribution in [1.82, 2.24) is 25.1 Å². The van der Waals surface area contributed by atoms with Crippen LogP contribution in [-0.4, -0.2) is 48.9 Å². The number of nitrogens with one attached hydrogen (secondary N) is 3. The fraction of sp³-hybridized carbons (Fsp3) is 0.320. The van der Waals surface area contributed by atoms with E-state index in [-0.39, 0.29) is 23.7 Å². The number of urea groups is 1. The Morgan fingerprint density at radius 3 is 2.43 bits per heavy atom. The van der Waals surface area contributed by atoms with E-state index in [1.165, 1.54) is 10.8 Å². The molecule has 12 heteroatoms. The topological polar surface area (TPSA) is 173 Å². The maximum absolute atomic E-state index is 13.1. The minimum atomic E-state index is -0.835. The van der Waals surface area contributed by atoms with Crippen LogP contribution in [0.1, 0.15) is 50.7 Å². The fourth-order valence-electron chi connectivity index (χ4n) is 3.60. The summed E-state index contributed by atoms with van der Waals surface area (Å²) in [6.45, 7) is 9.16. The van der Waals surface area contributed by atoms with Gasteiger partial charge in [0.2, 0.25) is 5.88 Å². The summed E-state index contributed by atoms with van der Waals surface area (Å²) in [4.78, 5) is 29.7. The van der Waals surface area contributed by atoms with Gasteiger partial charge >= 0.3 is 6.03 Å². The fourth-order valence-corrected chi connectivity index (χ4v) is 3.60. The quantitative estimate of drug-likeness (QED) is 0.264. The molecule has 6 N–H and O–H groups in total. The largest absolute Gasteiger partial charge is 0.394 e. The van der Waals surface area contributed by atoms with Crippen molar-refractivity contribution in [3.8, 4) is 11.1 Å². The summed E-state index contributed by atoms with van der Waals surface area (Å²) in [5.41, 5.74) is 8.28. The van der Waals surface area contributed by atoms with Crippen molar-refractivity contribution in [2.45, 2.75) is 45.6 Å². The molecular weight excluding hydrogens is 476 g/mol. The number of amides is 3. The zero-order valence-electron chi connectivity index (χ0n) is 21.3. The summed E-state index contributed by atoms with van der Waals surface area (Å²) >= 11 is 0. The van der Waals surface area contributed by atoms with Gasteiger partial charge < -0.3 is 26.0 Å². The van der Waals surface area contributed by atoms with Gasteiger partial charge in [-0.15, -0.1) is 0 Å². The Labute approximate surface area is 213 Å². The Hall–Kier alpha value is -4.45. The predicted molar refractivity (Wildman–Crippen MR) is 139 cm³/mol. The maximum atomic E-state index is 13.1. The molecule has 0 saturated heterocycles. The van der Waals surface area contributed by atoms with Gasteiger partial charge in [0.15, 0.2) is 5.82 Å². The van der Waals surface area contributed by atoms with Gasteiger partial charge in [-0.3, -0.25) is 10.1 Å². The van der Waals surface area contributed by atoms with Gasteiger partial charge in [0.05, 0.1) is 23.4 Å². The summed E-state index contributed by atoms with van der Waals surface area (Å²) < 4.78 is 6.68. The molecule has 12 nitrogen and oxygen atoms in total. The highest BCUT2D eigenvalue weighted by Gasteiger charge is 2.26. The van der Waals surface area contributed by atoms with Crippen LogP contribution in [0.2, 0.25) is 0 Å². The second-order valence-corrected chi connectivity index (χ2v) is 10.3. The first-order chi connectivity index (χ1) is 17.4. The summed E-state index contributed by atoms with van der Waals surface area (Å²) in [7, 11) is 0. The summed E-state index contributed by atoms with van der Waals surface area (Å²) in [5, 5.41) is 25.9. The lowest BCUT2D eigenvalue weighted by Crippen LogP contribution is -2.46. The third-order valence-corrected chi connectivity index (χ3v) is 5.64. The Bertz CT molecular complexity index is 1450. The number of benzene rings is 1. The molecular formula is C25H30N8O4. The Morgan fingerprint density at radius 1 is 1.11 bits per heavy atom. The van der Waals surface area contributed by atoms with Crippen LogP contribution < -0.4 is 21.7 Å². The van der Waals surface area contributed by atoms with Gasteiger partial charge in [0, 0.05) is 28.9 Å². The Morgan fingerprint density at radius 2 is 1.81 bits per heavy atom. The zero-order chi connectivity index (χ0) is 27.0. The standard InChI is InChI=1S/C25H30N8O4/c1-24(2,3)17-10-18(37-32-17)30-23(36)29-15-8-6-14(7-9-15)19-16(22(35)31-25(4,5)12-34)11-33-20(19)21(26)27-13-28-33/h6-11,13,34H,12H2,1-5H3,(H,31,35)(H2,26,27,28)(H2,29,30,36). The van der Waals surface area contributed by atoms with Crippen molar-refractivity contribution < 1.29 is 19.2 Å². The minimum Gasteiger partial charge on any atom is -0.394 e. The molecule has 0 fully saturated rings. The van der Waals surface area contributed by atoms with Crippen LogP contribution in [-0.2, 0) is 5.41 Å². The number of nitrogens with two attached hydrogens (primary N) is 1. The zero-order valence-corrected chi connectivity index (χ0v) is 21.3. The van der Waals surface area contributed by atoms with Crippen LogP contribution in [0.3, 0.4) is 0 Å². The number of aromatic nitrogens is 4. The van der Waals surface area contributed by atoms with Crippen LogP contribution in [0.15, 0.2) is 47.4 Å². The number of nitrogens with zero attached hydrogens (tertiary/aromatic N) is 4. The third kappa shape index (κ3) is 5.54. The highest BCUT2D eigenvalue weighted by molar-refractivity contribution is 6.07. The van der Waals surface area contributed by atoms with Crippen molar-refractivity contribution >= 4 is 34.8 Å².